The van der Waals surface area contributed by atoms with Crippen molar-refractivity contribution in [2.75, 3.05) is 0 Å². The first kappa shape index (κ1) is 20.0. The lowest BCUT2D eigenvalue weighted by Crippen LogP contribution is -2.48. The summed E-state index contributed by atoms with van der Waals surface area (Å²) in [5.74, 6) is 2.19. The van der Waals surface area contributed by atoms with Gasteiger partial charge in [-0.05, 0) is 74.5 Å². The van der Waals surface area contributed by atoms with Crippen LogP contribution in [0.1, 0.15) is 58.1 Å². The van der Waals surface area contributed by atoms with Crippen LogP contribution in [0.4, 0.5) is 0 Å². The lowest BCUT2D eigenvalue weighted by molar-refractivity contribution is -0.134. The molecule has 7 heteroatoms. The van der Waals surface area contributed by atoms with Gasteiger partial charge in [0.15, 0.2) is 16.5 Å². The predicted octanol–water partition coefficient (Wildman–Crippen LogP) is 5.38. The third kappa shape index (κ3) is 3.25. The fraction of sp³-hybridized carbons (Fsp3) is 0.480. The van der Waals surface area contributed by atoms with Gasteiger partial charge >= 0.3 is 11.9 Å². The molecule has 7 rings (SSSR count). The number of imidazole rings is 1. The fourth-order valence-electron chi connectivity index (χ4n) is 6.81. The van der Waals surface area contributed by atoms with Gasteiger partial charge in [-0.3, -0.25) is 14.0 Å². The molecule has 0 unspecified atom stereocenters. The number of aromatic nitrogens is 2. The summed E-state index contributed by atoms with van der Waals surface area (Å²) in [6, 6.07) is 5.32. The van der Waals surface area contributed by atoms with Crippen molar-refractivity contribution in [1.82, 2.24) is 9.38 Å². The molecule has 32 heavy (non-hydrogen) atoms. The molecule has 4 bridgehead atoms. The van der Waals surface area contributed by atoms with Crippen LogP contribution in [0.3, 0.4) is 0 Å². The molecular weight excluding hydrogens is 424 g/mol. The van der Waals surface area contributed by atoms with Gasteiger partial charge in [-0.1, -0.05) is 0 Å². The molecule has 2 aromatic heterocycles. The third-order valence-corrected chi connectivity index (χ3v) is 8.38. The van der Waals surface area contributed by atoms with Crippen molar-refractivity contribution in [3.05, 3.63) is 35.5 Å². The molecule has 0 atom stereocenters. The quantitative estimate of drug-likeness (QED) is 0.394. The highest BCUT2D eigenvalue weighted by Gasteiger charge is 2.52. The third-order valence-electron chi connectivity index (χ3n) is 7.54. The summed E-state index contributed by atoms with van der Waals surface area (Å²) in [6.45, 7) is 2.66. The SMILES string of the molecule is CC(=O)Oc1ccc(-c2csc3nc(C45CC6CC(CC(C6)C4)C5)cn23)cc1OC(C)=O. The van der Waals surface area contributed by atoms with E-state index < -0.39 is 11.9 Å². The van der Waals surface area contributed by atoms with Crippen LogP contribution in [-0.2, 0) is 15.0 Å². The number of thiazole rings is 1. The minimum atomic E-state index is -0.460. The Labute approximate surface area is 190 Å². The minimum absolute atomic E-state index is 0.239. The van der Waals surface area contributed by atoms with Crippen molar-refractivity contribution in [3.63, 3.8) is 0 Å². The van der Waals surface area contributed by atoms with Gasteiger partial charge in [0.25, 0.3) is 0 Å². The molecule has 0 aliphatic heterocycles. The van der Waals surface area contributed by atoms with E-state index in [1.54, 1.807) is 23.5 Å². The van der Waals surface area contributed by atoms with Crippen LogP contribution in [0.2, 0.25) is 0 Å². The van der Waals surface area contributed by atoms with Crippen LogP contribution in [0.5, 0.6) is 11.5 Å². The number of benzene rings is 1. The average Bonchev–Trinajstić information content (AvgIpc) is 3.29. The highest BCUT2D eigenvalue weighted by molar-refractivity contribution is 7.15. The van der Waals surface area contributed by atoms with Gasteiger partial charge in [0.2, 0.25) is 0 Å². The highest BCUT2D eigenvalue weighted by atomic mass is 32.1. The van der Waals surface area contributed by atoms with Gasteiger partial charge in [-0.2, -0.15) is 0 Å². The van der Waals surface area contributed by atoms with Crippen LogP contribution in [0, 0.1) is 17.8 Å². The summed E-state index contributed by atoms with van der Waals surface area (Å²) in [4.78, 5) is 29.1. The Morgan fingerprint density at radius 1 is 1.00 bits per heavy atom. The Morgan fingerprint density at radius 2 is 1.62 bits per heavy atom. The van der Waals surface area contributed by atoms with E-state index in [-0.39, 0.29) is 16.9 Å². The van der Waals surface area contributed by atoms with Gasteiger partial charge in [0, 0.05) is 36.4 Å². The Morgan fingerprint density at radius 3 is 2.25 bits per heavy atom. The summed E-state index contributed by atoms with van der Waals surface area (Å²) in [5.41, 5.74) is 3.38. The zero-order chi connectivity index (χ0) is 22.0. The molecule has 4 saturated carbocycles. The number of hydrogen-bond donors (Lipinski definition) is 0. The molecule has 166 valence electrons. The molecule has 0 saturated heterocycles. The second-order valence-electron chi connectivity index (χ2n) is 9.95. The Balaban J connectivity index is 1.39. The number of rotatable bonds is 4. The summed E-state index contributed by atoms with van der Waals surface area (Å²) >= 11 is 1.63. The molecule has 2 heterocycles. The highest BCUT2D eigenvalue weighted by Crippen LogP contribution is 2.60. The normalized spacial score (nSPS) is 28.2. The molecule has 1 aromatic carbocycles. The molecule has 4 fully saturated rings. The topological polar surface area (TPSA) is 69.9 Å². The number of ether oxygens (including phenoxy) is 2. The Bertz CT molecular complexity index is 1200. The van der Waals surface area contributed by atoms with Crippen LogP contribution < -0.4 is 9.47 Å². The molecular formula is C25H26N2O4S. The number of carbonyl (C=O) groups excluding carboxylic acids is 2. The van der Waals surface area contributed by atoms with Crippen molar-refractivity contribution in [3.8, 4) is 22.8 Å². The number of hydrogen-bond acceptors (Lipinski definition) is 6. The van der Waals surface area contributed by atoms with Crippen LogP contribution in [0.15, 0.2) is 29.8 Å². The average molecular weight is 451 g/mol. The van der Waals surface area contributed by atoms with E-state index in [4.69, 9.17) is 14.5 Å². The van der Waals surface area contributed by atoms with Crippen LogP contribution in [0.25, 0.3) is 16.2 Å². The first-order chi connectivity index (χ1) is 15.4. The predicted molar refractivity (Wildman–Crippen MR) is 121 cm³/mol. The molecule has 0 N–H and O–H groups in total. The monoisotopic (exact) mass is 450 g/mol. The Hall–Kier alpha value is -2.67. The second-order valence-corrected chi connectivity index (χ2v) is 10.8. The summed E-state index contributed by atoms with van der Waals surface area (Å²) < 4.78 is 12.7. The van der Waals surface area contributed by atoms with Crippen molar-refractivity contribution in [2.45, 2.75) is 57.8 Å². The van der Waals surface area contributed by atoms with E-state index in [9.17, 15) is 9.59 Å². The number of carbonyl (C=O) groups is 2. The molecule has 0 amide bonds. The zero-order valence-corrected chi connectivity index (χ0v) is 19.1. The fourth-order valence-corrected chi connectivity index (χ4v) is 7.69. The van der Waals surface area contributed by atoms with E-state index in [0.29, 0.717) is 0 Å². The van der Waals surface area contributed by atoms with Gasteiger partial charge in [-0.25, -0.2) is 4.98 Å². The van der Waals surface area contributed by atoms with Crippen LogP contribution in [-0.4, -0.2) is 21.3 Å². The molecule has 0 radical (unpaired) electrons. The van der Waals surface area contributed by atoms with Gasteiger partial charge in [-0.15, -0.1) is 11.3 Å². The maximum absolute atomic E-state index is 11.6. The summed E-state index contributed by atoms with van der Waals surface area (Å²) in [5, 5.41) is 2.07. The van der Waals surface area contributed by atoms with Gasteiger partial charge < -0.3 is 9.47 Å². The van der Waals surface area contributed by atoms with E-state index in [1.165, 1.54) is 58.1 Å². The lowest BCUT2D eigenvalue weighted by atomic mass is 9.49. The zero-order valence-electron chi connectivity index (χ0n) is 18.3. The molecule has 4 aliphatic rings. The molecule has 6 nitrogen and oxygen atoms in total. The van der Waals surface area contributed by atoms with Crippen molar-refractivity contribution in [2.24, 2.45) is 17.8 Å². The van der Waals surface area contributed by atoms with E-state index in [0.717, 1.165) is 34.0 Å². The van der Waals surface area contributed by atoms with E-state index in [2.05, 4.69) is 16.0 Å². The minimum Gasteiger partial charge on any atom is -0.423 e. The molecule has 4 aliphatic carbocycles. The van der Waals surface area contributed by atoms with E-state index >= 15 is 0 Å². The first-order valence-electron chi connectivity index (χ1n) is 11.4. The lowest BCUT2D eigenvalue weighted by Gasteiger charge is -2.56. The molecule has 3 aromatic rings. The van der Waals surface area contributed by atoms with Crippen molar-refractivity contribution >= 4 is 28.2 Å². The van der Waals surface area contributed by atoms with E-state index in [1.807, 2.05) is 6.07 Å². The van der Waals surface area contributed by atoms with Gasteiger partial charge in [0.1, 0.15) is 0 Å². The molecule has 0 spiro atoms. The number of nitrogens with zero attached hydrogens (tertiary/aromatic N) is 2. The second kappa shape index (κ2) is 7.17. The summed E-state index contributed by atoms with van der Waals surface area (Å²) in [6.07, 6.45) is 10.3. The largest absolute Gasteiger partial charge is 0.423 e. The first-order valence-corrected chi connectivity index (χ1v) is 12.2. The maximum atomic E-state index is 11.6. The van der Waals surface area contributed by atoms with Crippen molar-refractivity contribution in [1.29, 1.82) is 0 Å². The van der Waals surface area contributed by atoms with Gasteiger partial charge in [0.05, 0.1) is 11.4 Å². The smallest absolute Gasteiger partial charge is 0.308 e. The standard InChI is InChI=1S/C25H26N2O4S/c1-14(28)30-21-4-3-19(8-22(21)31-15(2)29)20-13-32-24-26-23(12-27(20)24)25-9-16-5-17(10-25)7-18(6-16)11-25/h3-4,8,12-13,16-18H,5-7,9-11H2,1-2H3. The maximum Gasteiger partial charge on any atom is 0.308 e. The number of fused-ring (bicyclic) bond motifs is 1. The Kier molecular flexibility index (Phi) is 4.47. The van der Waals surface area contributed by atoms with Crippen LogP contribution >= 0.6 is 11.3 Å². The number of esters is 2. The van der Waals surface area contributed by atoms with Crippen molar-refractivity contribution < 1.29 is 19.1 Å². The summed E-state index contributed by atoms with van der Waals surface area (Å²) in [7, 11) is 0.